The van der Waals surface area contributed by atoms with Gasteiger partial charge in [-0.05, 0) is 46.6 Å². The summed E-state index contributed by atoms with van der Waals surface area (Å²) < 4.78 is 26.9. The third-order valence-corrected chi connectivity index (χ3v) is 3.67. The smallest absolute Gasteiger partial charge is 0.256 e. The van der Waals surface area contributed by atoms with Crippen LogP contribution in [0.25, 0.3) is 0 Å². The normalized spacial score (nSPS) is 10.3. The average molecular weight is 326 g/mol. The fraction of sp³-hybridized carbons (Fsp3) is 0.0714. The average Bonchev–Trinajstić information content (AvgIpc) is 2.36. The van der Waals surface area contributed by atoms with Crippen molar-refractivity contribution in [3.8, 4) is 0 Å². The Morgan fingerprint density at radius 1 is 1.21 bits per heavy atom. The summed E-state index contributed by atoms with van der Waals surface area (Å²) >= 11 is 3.31. The van der Waals surface area contributed by atoms with E-state index >= 15 is 0 Å². The first-order chi connectivity index (χ1) is 8.99. The Labute approximate surface area is 117 Å². The van der Waals surface area contributed by atoms with Crippen LogP contribution in [0, 0.1) is 18.6 Å². The summed E-state index contributed by atoms with van der Waals surface area (Å²) in [6.45, 7) is 1.85. The number of benzene rings is 2. The summed E-state index contributed by atoms with van der Waals surface area (Å²) in [4.78, 5) is 12.0. The quantitative estimate of drug-likeness (QED) is 0.876. The lowest BCUT2D eigenvalue weighted by molar-refractivity contribution is 0.102. The van der Waals surface area contributed by atoms with Gasteiger partial charge in [0.1, 0.15) is 11.6 Å². The molecule has 0 fully saturated rings. The second-order valence-corrected chi connectivity index (χ2v) is 4.81. The fourth-order valence-corrected chi connectivity index (χ4v) is 2.05. The maximum absolute atomic E-state index is 13.4. The topological polar surface area (TPSA) is 29.1 Å². The first-order valence-corrected chi connectivity index (χ1v) is 6.30. The SMILES string of the molecule is Cc1cccc(C(=O)Nc2ccc(F)cc2F)c1Br. The predicted octanol–water partition coefficient (Wildman–Crippen LogP) is 4.29. The van der Waals surface area contributed by atoms with Gasteiger partial charge in [0.25, 0.3) is 5.91 Å². The highest BCUT2D eigenvalue weighted by Gasteiger charge is 2.13. The molecule has 2 aromatic rings. The number of carbonyl (C=O) groups excluding carboxylic acids is 1. The fourth-order valence-electron chi connectivity index (χ4n) is 1.60. The number of anilines is 1. The van der Waals surface area contributed by atoms with E-state index in [1.807, 2.05) is 13.0 Å². The van der Waals surface area contributed by atoms with Crippen molar-refractivity contribution in [1.82, 2.24) is 0 Å². The number of carbonyl (C=O) groups is 1. The van der Waals surface area contributed by atoms with Gasteiger partial charge in [0.05, 0.1) is 11.3 Å². The van der Waals surface area contributed by atoms with Crippen molar-refractivity contribution in [1.29, 1.82) is 0 Å². The van der Waals surface area contributed by atoms with Gasteiger partial charge < -0.3 is 5.32 Å². The number of nitrogens with one attached hydrogen (secondary N) is 1. The molecule has 2 rings (SSSR count). The Bertz CT molecular complexity index is 643. The monoisotopic (exact) mass is 325 g/mol. The van der Waals surface area contributed by atoms with Gasteiger partial charge in [-0.15, -0.1) is 0 Å². The third-order valence-electron chi connectivity index (χ3n) is 2.62. The molecule has 5 heteroatoms. The van der Waals surface area contributed by atoms with Crippen LogP contribution in [-0.4, -0.2) is 5.91 Å². The maximum Gasteiger partial charge on any atom is 0.256 e. The molecule has 0 atom stereocenters. The molecule has 19 heavy (non-hydrogen) atoms. The van der Waals surface area contributed by atoms with Gasteiger partial charge >= 0.3 is 0 Å². The van der Waals surface area contributed by atoms with Crippen LogP contribution >= 0.6 is 15.9 Å². The lowest BCUT2D eigenvalue weighted by atomic mass is 10.1. The van der Waals surface area contributed by atoms with Crippen LogP contribution in [-0.2, 0) is 0 Å². The van der Waals surface area contributed by atoms with E-state index in [-0.39, 0.29) is 5.69 Å². The molecule has 1 amide bonds. The molecule has 0 saturated heterocycles. The van der Waals surface area contributed by atoms with Gasteiger partial charge in [-0.3, -0.25) is 4.79 Å². The van der Waals surface area contributed by atoms with Crippen LogP contribution in [0.3, 0.4) is 0 Å². The van der Waals surface area contributed by atoms with Crippen molar-refractivity contribution < 1.29 is 13.6 Å². The zero-order valence-corrected chi connectivity index (χ0v) is 11.6. The van der Waals surface area contributed by atoms with Crippen molar-refractivity contribution in [2.45, 2.75) is 6.92 Å². The highest BCUT2D eigenvalue weighted by Crippen LogP contribution is 2.23. The first-order valence-electron chi connectivity index (χ1n) is 5.50. The van der Waals surface area contributed by atoms with Crippen molar-refractivity contribution in [3.05, 3.63) is 63.6 Å². The lowest BCUT2D eigenvalue weighted by Gasteiger charge is -2.09. The summed E-state index contributed by atoms with van der Waals surface area (Å²) in [7, 11) is 0. The van der Waals surface area contributed by atoms with Crippen LogP contribution in [0.15, 0.2) is 40.9 Å². The molecule has 0 heterocycles. The molecular weight excluding hydrogens is 316 g/mol. The first kappa shape index (κ1) is 13.7. The standard InChI is InChI=1S/C14H10BrF2NO/c1-8-3-2-4-10(13(8)15)14(19)18-12-6-5-9(16)7-11(12)17/h2-7H,1H3,(H,18,19). The molecule has 0 unspecified atom stereocenters. The molecule has 0 aliphatic carbocycles. The second-order valence-electron chi connectivity index (χ2n) is 4.01. The second kappa shape index (κ2) is 5.48. The minimum absolute atomic E-state index is 0.0557. The molecule has 2 nitrogen and oxygen atoms in total. The van der Waals surface area contributed by atoms with Crippen LogP contribution < -0.4 is 5.32 Å². The zero-order chi connectivity index (χ0) is 14.0. The van der Waals surface area contributed by atoms with Gasteiger partial charge in [-0.25, -0.2) is 8.78 Å². The van der Waals surface area contributed by atoms with E-state index in [4.69, 9.17) is 0 Å². The maximum atomic E-state index is 13.4. The van der Waals surface area contributed by atoms with Gasteiger partial charge in [0.15, 0.2) is 0 Å². The zero-order valence-electron chi connectivity index (χ0n) is 10.0. The van der Waals surface area contributed by atoms with E-state index in [0.717, 1.165) is 17.7 Å². The van der Waals surface area contributed by atoms with E-state index in [9.17, 15) is 13.6 Å². The van der Waals surface area contributed by atoms with E-state index < -0.39 is 17.5 Å². The Balaban J connectivity index is 2.28. The van der Waals surface area contributed by atoms with Gasteiger partial charge in [0.2, 0.25) is 0 Å². The van der Waals surface area contributed by atoms with E-state index in [2.05, 4.69) is 21.2 Å². The van der Waals surface area contributed by atoms with Crippen LogP contribution in [0.2, 0.25) is 0 Å². The number of hydrogen-bond acceptors (Lipinski definition) is 1. The van der Waals surface area contributed by atoms with E-state index in [1.54, 1.807) is 12.1 Å². The largest absolute Gasteiger partial charge is 0.319 e. The van der Waals surface area contributed by atoms with E-state index in [0.29, 0.717) is 10.0 Å². The lowest BCUT2D eigenvalue weighted by Crippen LogP contribution is -2.14. The molecule has 0 bridgehead atoms. The summed E-state index contributed by atoms with van der Waals surface area (Å²) in [5, 5.41) is 2.41. The molecule has 0 radical (unpaired) electrons. The van der Waals surface area contributed by atoms with Gasteiger partial charge in [0, 0.05) is 10.5 Å². The Hall–Kier alpha value is -1.75. The van der Waals surface area contributed by atoms with Crippen molar-refractivity contribution in [3.63, 3.8) is 0 Å². The highest BCUT2D eigenvalue weighted by molar-refractivity contribution is 9.10. The molecule has 0 aromatic heterocycles. The number of rotatable bonds is 2. The molecule has 0 saturated carbocycles. The minimum Gasteiger partial charge on any atom is -0.319 e. The van der Waals surface area contributed by atoms with Gasteiger partial charge in [-0.1, -0.05) is 12.1 Å². The van der Waals surface area contributed by atoms with E-state index in [1.165, 1.54) is 6.07 Å². The summed E-state index contributed by atoms with van der Waals surface area (Å²) in [6, 6.07) is 8.19. The van der Waals surface area contributed by atoms with Crippen LogP contribution in [0.5, 0.6) is 0 Å². The van der Waals surface area contributed by atoms with Crippen LogP contribution in [0.1, 0.15) is 15.9 Å². The summed E-state index contributed by atoms with van der Waals surface area (Å²) in [5.74, 6) is -1.95. The molecule has 2 aromatic carbocycles. The number of aryl methyl sites for hydroxylation is 1. The minimum atomic E-state index is -0.808. The predicted molar refractivity (Wildman–Crippen MR) is 73.2 cm³/mol. The van der Waals surface area contributed by atoms with Crippen molar-refractivity contribution >= 4 is 27.5 Å². The molecule has 0 spiro atoms. The molecule has 1 N–H and O–H groups in total. The molecular formula is C14H10BrF2NO. The van der Waals surface area contributed by atoms with Gasteiger partial charge in [-0.2, -0.15) is 0 Å². The molecule has 0 aliphatic rings. The Kier molecular flexibility index (Phi) is 3.95. The van der Waals surface area contributed by atoms with Crippen molar-refractivity contribution in [2.24, 2.45) is 0 Å². The Morgan fingerprint density at radius 2 is 1.95 bits per heavy atom. The van der Waals surface area contributed by atoms with Crippen molar-refractivity contribution in [2.75, 3.05) is 5.32 Å². The Morgan fingerprint density at radius 3 is 2.63 bits per heavy atom. The number of hydrogen-bond donors (Lipinski definition) is 1. The summed E-state index contributed by atoms with van der Waals surface area (Å²) in [6.07, 6.45) is 0. The molecule has 98 valence electrons. The highest BCUT2D eigenvalue weighted by atomic mass is 79.9. The van der Waals surface area contributed by atoms with Crippen LogP contribution in [0.4, 0.5) is 14.5 Å². The number of amides is 1. The summed E-state index contributed by atoms with van der Waals surface area (Å²) in [5.41, 5.74) is 1.23. The number of halogens is 3. The third kappa shape index (κ3) is 2.98. The molecule has 0 aliphatic heterocycles.